The number of sulfonamides is 1. The molecule has 0 bridgehead atoms. The summed E-state index contributed by atoms with van der Waals surface area (Å²) in [5.74, 6) is -0.327. The van der Waals surface area contributed by atoms with Gasteiger partial charge in [0.25, 0.3) is 10.0 Å². The Balaban J connectivity index is 1.98. The number of hydrogen-bond acceptors (Lipinski definition) is 5. The second kappa shape index (κ2) is 12.7. The van der Waals surface area contributed by atoms with Crippen molar-refractivity contribution in [2.45, 2.75) is 31.3 Å². The molecule has 37 heavy (non-hydrogen) atoms. The molecule has 0 aliphatic carbocycles. The van der Waals surface area contributed by atoms with Gasteiger partial charge in [-0.3, -0.25) is 13.9 Å². The minimum atomic E-state index is -4.12. The van der Waals surface area contributed by atoms with E-state index in [9.17, 15) is 18.0 Å². The number of hydrogen-bond donors (Lipinski definition) is 1. The Hall–Kier alpha value is -3.37. The maximum absolute atomic E-state index is 13.7. The van der Waals surface area contributed by atoms with Crippen LogP contribution in [0.4, 0.5) is 5.69 Å². The zero-order chi connectivity index (χ0) is 27.0. The third-order valence-corrected chi connectivity index (χ3v) is 8.04. The number of anilines is 1. The number of halogens is 1. The lowest BCUT2D eigenvalue weighted by Crippen LogP contribution is -2.50. The Morgan fingerprint density at radius 1 is 0.973 bits per heavy atom. The molecule has 0 spiro atoms. The van der Waals surface area contributed by atoms with E-state index in [1.54, 1.807) is 49.4 Å². The highest BCUT2D eigenvalue weighted by Gasteiger charge is 2.32. The Morgan fingerprint density at radius 3 is 2.16 bits per heavy atom. The molecule has 3 aromatic rings. The van der Waals surface area contributed by atoms with E-state index < -0.39 is 28.5 Å². The molecule has 0 unspecified atom stereocenters. The second-order valence-corrected chi connectivity index (χ2v) is 11.0. The van der Waals surface area contributed by atoms with E-state index >= 15 is 0 Å². The van der Waals surface area contributed by atoms with Crippen LogP contribution in [0.1, 0.15) is 19.4 Å². The molecule has 10 heteroatoms. The number of nitrogens with one attached hydrogen (secondary N) is 1. The monoisotopic (exact) mass is 587 g/mol. The molecule has 0 aliphatic rings. The molecule has 0 heterocycles. The number of benzene rings is 3. The van der Waals surface area contributed by atoms with Crippen molar-refractivity contribution in [3.05, 3.63) is 88.9 Å². The van der Waals surface area contributed by atoms with E-state index in [2.05, 4.69) is 21.2 Å². The smallest absolute Gasteiger partial charge is 0.264 e. The van der Waals surface area contributed by atoms with E-state index in [1.165, 1.54) is 24.1 Å². The number of para-hydroxylation sites is 1. The number of carbonyl (C=O) groups excluding carboxylic acids is 2. The largest absolute Gasteiger partial charge is 0.494 e. The molecule has 8 nitrogen and oxygen atoms in total. The third kappa shape index (κ3) is 7.11. The van der Waals surface area contributed by atoms with E-state index in [1.807, 2.05) is 31.2 Å². The van der Waals surface area contributed by atoms with Crippen LogP contribution in [-0.2, 0) is 26.2 Å². The molecule has 1 N–H and O–H groups in total. The summed E-state index contributed by atoms with van der Waals surface area (Å²) in [6.45, 7) is 3.55. The summed E-state index contributed by atoms with van der Waals surface area (Å²) in [4.78, 5) is 27.6. The van der Waals surface area contributed by atoms with Gasteiger partial charge in [-0.1, -0.05) is 46.3 Å². The summed E-state index contributed by atoms with van der Waals surface area (Å²) in [5.41, 5.74) is 1.13. The lowest BCUT2D eigenvalue weighted by molar-refractivity contribution is -0.139. The normalized spacial score (nSPS) is 11.9. The van der Waals surface area contributed by atoms with Crippen molar-refractivity contribution in [1.82, 2.24) is 10.2 Å². The Morgan fingerprint density at radius 2 is 1.59 bits per heavy atom. The van der Waals surface area contributed by atoms with Gasteiger partial charge in [-0.05, 0) is 67.9 Å². The minimum absolute atomic E-state index is 0.0198. The summed E-state index contributed by atoms with van der Waals surface area (Å²) >= 11 is 3.39. The van der Waals surface area contributed by atoms with Gasteiger partial charge in [0, 0.05) is 18.1 Å². The summed E-state index contributed by atoms with van der Waals surface area (Å²) < 4.78 is 34.9. The number of ether oxygens (including phenoxy) is 1. The average Bonchev–Trinajstić information content (AvgIpc) is 2.91. The second-order valence-electron chi connectivity index (χ2n) is 8.19. The first-order chi connectivity index (χ1) is 17.7. The van der Waals surface area contributed by atoms with Crippen LogP contribution in [0.2, 0.25) is 0 Å². The van der Waals surface area contributed by atoms with Gasteiger partial charge in [-0.2, -0.15) is 0 Å². The van der Waals surface area contributed by atoms with E-state index in [0.717, 1.165) is 14.3 Å². The zero-order valence-electron chi connectivity index (χ0n) is 20.9. The molecule has 0 saturated carbocycles. The molecule has 0 fully saturated rings. The van der Waals surface area contributed by atoms with Crippen molar-refractivity contribution in [2.24, 2.45) is 0 Å². The van der Waals surface area contributed by atoms with Gasteiger partial charge in [0.1, 0.15) is 18.3 Å². The molecule has 0 aromatic heterocycles. The predicted molar refractivity (Wildman–Crippen MR) is 147 cm³/mol. The van der Waals surface area contributed by atoms with Gasteiger partial charge in [0.15, 0.2) is 0 Å². The Bertz CT molecular complexity index is 1300. The van der Waals surface area contributed by atoms with Crippen LogP contribution >= 0.6 is 15.9 Å². The highest BCUT2D eigenvalue weighted by molar-refractivity contribution is 9.10. The molecule has 196 valence electrons. The van der Waals surface area contributed by atoms with Crippen molar-refractivity contribution in [3.8, 4) is 5.75 Å². The lowest BCUT2D eigenvalue weighted by Gasteiger charge is -2.31. The van der Waals surface area contributed by atoms with E-state index in [-0.39, 0.29) is 17.3 Å². The van der Waals surface area contributed by atoms with Crippen molar-refractivity contribution in [2.75, 3.05) is 24.5 Å². The van der Waals surface area contributed by atoms with Gasteiger partial charge >= 0.3 is 0 Å². The Labute approximate surface area is 226 Å². The first-order valence-electron chi connectivity index (χ1n) is 11.7. The SMILES string of the molecule is CCOc1ccc(S(=O)(=O)N(CC(=O)N(Cc2ccc(Br)cc2)[C@@H](C)C(=O)NC)c2ccccc2)cc1. The summed E-state index contributed by atoms with van der Waals surface area (Å²) in [6.07, 6.45) is 0. The molecule has 0 saturated heterocycles. The van der Waals surface area contributed by atoms with Crippen LogP contribution in [0.25, 0.3) is 0 Å². The number of nitrogens with zero attached hydrogens (tertiary/aromatic N) is 2. The Kier molecular flexibility index (Phi) is 9.71. The van der Waals surface area contributed by atoms with Gasteiger partial charge in [0.2, 0.25) is 11.8 Å². The molecule has 0 aliphatic heterocycles. The van der Waals surface area contributed by atoms with Crippen molar-refractivity contribution < 1.29 is 22.7 Å². The van der Waals surface area contributed by atoms with Gasteiger partial charge in [0.05, 0.1) is 17.2 Å². The highest BCUT2D eigenvalue weighted by atomic mass is 79.9. The van der Waals surface area contributed by atoms with Gasteiger partial charge < -0.3 is 15.0 Å². The molecule has 2 amide bonds. The van der Waals surface area contributed by atoms with Crippen LogP contribution in [0.15, 0.2) is 88.2 Å². The zero-order valence-corrected chi connectivity index (χ0v) is 23.3. The minimum Gasteiger partial charge on any atom is -0.494 e. The summed E-state index contributed by atoms with van der Waals surface area (Å²) in [6, 6.07) is 21.0. The molecule has 1 atom stereocenters. The van der Waals surface area contributed by atoms with Crippen LogP contribution in [0, 0.1) is 0 Å². The number of likely N-dealkylation sites (N-methyl/N-ethyl adjacent to an activating group) is 1. The van der Waals surface area contributed by atoms with Gasteiger partial charge in [-0.25, -0.2) is 8.42 Å². The average molecular weight is 589 g/mol. The molecular weight excluding hydrogens is 558 g/mol. The summed E-state index contributed by atoms with van der Waals surface area (Å²) in [5, 5.41) is 2.57. The molecule has 3 aromatic carbocycles. The molecule has 3 rings (SSSR count). The van der Waals surface area contributed by atoms with Gasteiger partial charge in [-0.15, -0.1) is 0 Å². The van der Waals surface area contributed by atoms with Crippen LogP contribution in [0.5, 0.6) is 5.75 Å². The van der Waals surface area contributed by atoms with Crippen LogP contribution in [0.3, 0.4) is 0 Å². The fraction of sp³-hybridized carbons (Fsp3) is 0.259. The third-order valence-electron chi connectivity index (χ3n) is 5.73. The lowest BCUT2D eigenvalue weighted by atomic mass is 10.1. The fourth-order valence-electron chi connectivity index (χ4n) is 3.70. The maximum Gasteiger partial charge on any atom is 0.264 e. The topological polar surface area (TPSA) is 96.0 Å². The fourth-order valence-corrected chi connectivity index (χ4v) is 5.38. The van der Waals surface area contributed by atoms with Crippen LogP contribution in [-0.4, -0.2) is 51.4 Å². The number of rotatable bonds is 11. The summed E-state index contributed by atoms with van der Waals surface area (Å²) in [7, 11) is -2.63. The van der Waals surface area contributed by atoms with Crippen molar-refractivity contribution in [1.29, 1.82) is 0 Å². The van der Waals surface area contributed by atoms with E-state index in [4.69, 9.17) is 4.74 Å². The quantitative estimate of drug-likeness (QED) is 0.362. The number of carbonyl (C=O) groups is 2. The molecule has 0 radical (unpaired) electrons. The first-order valence-corrected chi connectivity index (χ1v) is 14.0. The first kappa shape index (κ1) is 28.2. The maximum atomic E-state index is 13.7. The predicted octanol–water partition coefficient (Wildman–Crippen LogP) is 4.21. The van der Waals surface area contributed by atoms with E-state index in [0.29, 0.717) is 18.0 Å². The standard InChI is InChI=1S/C27H30BrN3O5S/c1-4-36-24-14-16-25(17-15-24)37(34,35)31(23-8-6-5-7-9-23)19-26(32)30(20(2)27(33)29-3)18-21-10-12-22(28)13-11-21/h5-17,20H,4,18-19H2,1-3H3,(H,29,33)/t20-/m0/s1. The van der Waals surface area contributed by atoms with Crippen molar-refractivity contribution >= 4 is 43.5 Å². The van der Waals surface area contributed by atoms with Crippen molar-refractivity contribution in [3.63, 3.8) is 0 Å². The number of amides is 2. The van der Waals surface area contributed by atoms with Crippen LogP contribution < -0.4 is 14.4 Å². The highest BCUT2D eigenvalue weighted by Crippen LogP contribution is 2.26. The molecular formula is C27H30BrN3O5S.